The number of hydrogen-bond acceptors (Lipinski definition) is 5. The first-order valence-electron chi connectivity index (χ1n) is 11.6. The standard InChI is InChI=1S/C31H22ClNO4/c1-36-24-17-13-20(14-18-24)28-19-26(25-9-5-6-10-27(25)33-28)31(35)37-30(22-11-15-23(32)16-12-22)29(34)21-7-3-2-4-8-21/h2-19,30H,1H3/t30-/m0/s1. The van der Waals surface area contributed by atoms with Crippen molar-refractivity contribution in [1.82, 2.24) is 4.98 Å². The van der Waals surface area contributed by atoms with Crippen molar-refractivity contribution in [3.8, 4) is 17.0 Å². The van der Waals surface area contributed by atoms with Crippen LogP contribution < -0.4 is 4.74 Å². The molecule has 1 heterocycles. The third-order valence-electron chi connectivity index (χ3n) is 6.02. The van der Waals surface area contributed by atoms with E-state index in [4.69, 9.17) is 26.1 Å². The lowest BCUT2D eigenvalue weighted by Gasteiger charge is -2.19. The molecule has 1 aromatic heterocycles. The van der Waals surface area contributed by atoms with Gasteiger partial charge < -0.3 is 9.47 Å². The number of nitrogens with zero attached hydrogens (tertiary/aromatic N) is 1. The number of rotatable bonds is 7. The van der Waals surface area contributed by atoms with Gasteiger partial charge in [0.15, 0.2) is 6.10 Å². The van der Waals surface area contributed by atoms with Crippen LogP contribution in [0.15, 0.2) is 109 Å². The van der Waals surface area contributed by atoms with Gasteiger partial charge >= 0.3 is 5.97 Å². The number of methoxy groups -OCH3 is 1. The van der Waals surface area contributed by atoms with Crippen LogP contribution in [0.2, 0.25) is 5.02 Å². The highest BCUT2D eigenvalue weighted by Crippen LogP contribution is 2.30. The van der Waals surface area contributed by atoms with Gasteiger partial charge in [0, 0.05) is 27.1 Å². The van der Waals surface area contributed by atoms with E-state index in [1.807, 2.05) is 54.6 Å². The Labute approximate surface area is 219 Å². The van der Waals surface area contributed by atoms with Gasteiger partial charge in [-0.3, -0.25) is 4.79 Å². The zero-order valence-electron chi connectivity index (χ0n) is 19.9. The first kappa shape index (κ1) is 24.2. The summed E-state index contributed by atoms with van der Waals surface area (Å²) >= 11 is 6.07. The summed E-state index contributed by atoms with van der Waals surface area (Å²) in [6.07, 6.45) is -1.15. The Hall–Kier alpha value is -4.48. The lowest BCUT2D eigenvalue weighted by molar-refractivity contribution is 0.0282. The number of Topliss-reactive ketones (excluding diaryl/α,β-unsaturated/α-hetero) is 1. The summed E-state index contributed by atoms with van der Waals surface area (Å²) < 4.78 is 11.2. The number of para-hydroxylation sites is 1. The fourth-order valence-electron chi connectivity index (χ4n) is 4.09. The van der Waals surface area contributed by atoms with Crippen molar-refractivity contribution < 1.29 is 19.1 Å². The molecule has 5 nitrogen and oxygen atoms in total. The van der Waals surface area contributed by atoms with E-state index in [0.29, 0.717) is 38.3 Å². The van der Waals surface area contributed by atoms with E-state index in [1.165, 1.54) is 0 Å². The van der Waals surface area contributed by atoms with Crippen LogP contribution in [0.1, 0.15) is 32.4 Å². The van der Waals surface area contributed by atoms with Gasteiger partial charge in [0.05, 0.1) is 23.9 Å². The van der Waals surface area contributed by atoms with E-state index in [0.717, 1.165) is 11.3 Å². The van der Waals surface area contributed by atoms with Crippen molar-refractivity contribution in [2.45, 2.75) is 6.10 Å². The van der Waals surface area contributed by atoms with Crippen molar-refractivity contribution >= 4 is 34.3 Å². The van der Waals surface area contributed by atoms with Crippen LogP contribution in [0.5, 0.6) is 5.75 Å². The maximum Gasteiger partial charge on any atom is 0.339 e. The summed E-state index contributed by atoms with van der Waals surface area (Å²) in [5.74, 6) is -0.239. The average molecular weight is 508 g/mol. The van der Waals surface area contributed by atoms with E-state index in [-0.39, 0.29) is 5.78 Å². The molecule has 0 saturated carbocycles. The summed E-state index contributed by atoms with van der Waals surface area (Å²) in [4.78, 5) is 31.9. The molecule has 0 aliphatic carbocycles. The summed E-state index contributed by atoms with van der Waals surface area (Å²) in [5, 5.41) is 1.15. The molecule has 5 aromatic rings. The molecule has 0 bridgehead atoms. The first-order chi connectivity index (χ1) is 18.0. The maximum absolute atomic E-state index is 13.7. The van der Waals surface area contributed by atoms with Crippen LogP contribution in [-0.4, -0.2) is 23.8 Å². The van der Waals surface area contributed by atoms with E-state index in [2.05, 4.69) is 0 Å². The van der Waals surface area contributed by atoms with Gasteiger partial charge in [-0.1, -0.05) is 72.3 Å². The highest BCUT2D eigenvalue weighted by molar-refractivity contribution is 6.30. The molecule has 1 atom stereocenters. The Morgan fingerprint density at radius 1 is 0.811 bits per heavy atom. The van der Waals surface area contributed by atoms with Crippen molar-refractivity contribution in [3.63, 3.8) is 0 Å². The number of carbonyl (C=O) groups excluding carboxylic acids is 2. The number of halogens is 1. The Balaban J connectivity index is 1.56. The Bertz CT molecular complexity index is 1570. The number of pyridine rings is 1. The first-order valence-corrected chi connectivity index (χ1v) is 12.0. The summed E-state index contributed by atoms with van der Waals surface area (Å²) in [6.45, 7) is 0. The smallest absolute Gasteiger partial charge is 0.339 e. The van der Waals surface area contributed by atoms with Crippen LogP contribution in [-0.2, 0) is 4.74 Å². The largest absolute Gasteiger partial charge is 0.497 e. The predicted molar refractivity (Wildman–Crippen MR) is 144 cm³/mol. The van der Waals surface area contributed by atoms with E-state index >= 15 is 0 Å². The molecule has 182 valence electrons. The number of aromatic nitrogens is 1. The second-order valence-electron chi connectivity index (χ2n) is 8.37. The summed E-state index contributed by atoms with van der Waals surface area (Å²) in [7, 11) is 1.60. The second kappa shape index (κ2) is 10.6. The second-order valence-corrected chi connectivity index (χ2v) is 8.80. The number of hydrogen-bond donors (Lipinski definition) is 0. The molecule has 0 aliphatic rings. The minimum absolute atomic E-state index is 0.316. The van der Waals surface area contributed by atoms with Gasteiger partial charge in [-0.2, -0.15) is 0 Å². The van der Waals surface area contributed by atoms with Crippen LogP contribution in [0, 0.1) is 0 Å². The van der Waals surface area contributed by atoms with Gasteiger partial charge in [0.25, 0.3) is 0 Å². The van der Waals surface area contributed by atoms with Gasteiger partial charge in [0.1, 0.15) is 5.75 Å². The predicted octanol–water partition coefficient (Wildman–Crippen LogP) is 7.34. The lowest BCUT2D eigenvalue weighted by atomic mass is 9.99. The molecule has 0 spiro atoms. The van der Waals surface area contributed by atoms with E-state index in [9.17, 15) is 9.59 Å². The maximum atomic E-state index is 13.7. The zero-order chi connectivity index (χ0) is 25.8. The van der Waals surface area contributed by atoms with Crippen molar-refractivity contribution in [1.29, 1.82) is 0 Å². The number of benzene rings is 4. The van der Waals surface area contributed by atoms with Crippen LogP contribution in [0.4, 0.5) is 0 Å². The fourth-order valence-corrected chi connectivity index (χ4v) is 4.21. The number of ether oxygens (including phenoxy) is 2. The lowest BCUT2D eigenvalue weighted by Crippen LogP contribution is -2.20. The van der Waals surface area contributed by atoms with Crippen LogP contribution in [0.3, 0.4) is 0 Å². The topological polar surface area (TPSA) is 65.5 Å². The number of ketones is 1. The van der Waals surface area contributed by atoms with Crippen LogP contribution >= 0.6 is 11.6 Å². The number of esters is 1. The minimum atomic E-state index is -1.15. The van der Waals surface area contributed by atoms with E-state index in [1.54, 1.807) is 61.7 Å². The Morgan fingerprint density at radius 2 is 1.49 bits per heavy atom. The molecule has 0 saturated heterocycles. The van der Waals surface area contributed by atoms with Crippen LogP contribution in [0.25, 0.3) is 22.2 Å². The molecule has 0 fully saturated rings. The van der Waals surface area contributed by atoms with Gasteiger partial charge in [-0.25, -0.2) is 9.78 Å². The molecular weight excluding hydrogens is 486 g/mol. The molecule has 5 rings (SSSR count). The highest BCUT2D eigenvalue weighted by Gasteiger charge is 2.28. The molecule has 0 radical (unpaired) electrons. The van der Waals surface area contributed by atoms with Crippen molar-refractivity contribution in [2.24, 2.45) is 0 Å². The zero-order valence-corrected chi connectivity index (χ0v) is 20.7. The molecular formula is C31H22ClNO4. The Morgan fingerprint density at radius 3 is 2.19 bits per heavy atom. The van der Waals surface area contributed by atoms with E-state index < -0.39 is 12.1 Å². The highest BCUT2D eigenvalue weighted by atomic mass is 35.5. The van der Waals surface area contributed by atoms with Gasteiger partial charge in [-0.05, 0) is 48.5 Å². The van der Waals surface area contributed by atoms with Crippen molar-refractivity contribution in [3.05, 3.63) is 131 Å². The fraction of sp³-hybridized carbons (Fsp3) is 0.0645. The summed E-state index contributed by atoms with van der Waals surface area (Å²) in [6, 6.07) is 31.9. The molecule has 4 aromatic carbocycles. The minimum Gasteiger partial charge on any atom is -0.497 e. The molecule has 37 heavy (non-hydrogen) atoms. The van der Waals surface area contributed by atoms with Crippen molar-refractivity contribution in [2.75, 3.05) is 7.11 Å². The molecule has 0 N–H and O–H groups in total. The van der Waals surface area contributed by atoms with Gasteiger partial charge in [-0.15, -0.1) is 0 Å². The van der Waals surface area contributed by atoms with Gasteiger partial charge in [0.2, 0.25) is 5.78 Å². The third-order valence-corrected chi connectivity index (χ3v) is 6.27. The Kier molecular flexibility index (Phi) is 6.97. The molecule has 0 unspecified atom stereocenters. The molecule has 6 heteroatoms. The summed E-state index contributed by atoms with van der Waals surface area (Å²) in [5.41, 5.74) is 3.34. The average Bonchev–Trinajstić information content (AvgIpc) is 2.96. The quantitative estimate of drug-likeness (QED) is 0.170. The monoisotopic (exact) mass is 507 g/mol. The third kappa shape index (κ3) is 5.22. The number of fused-ring (bicyclic) bond motifs is 1. The molecule has 0 amide bonds. The molecule has 0 aliphatic heterocycles. The SMILES string of the molecule is COc1ccc(-c2cc(C(=O)O[C@H](C(=O)c3ccccc3)c3ccc(Cl)cc3)c3ccccc3n2)cc1. The normalized spacial score (nSPS) is 11.6. The number of carbonyl (C=O) groups is 2.